The number of anilines is 2. The van der Waals surface area contributed by atoms with Gasteiger partial charge in [-0.1, -0.05) is 12.1 Å². The summed E-state index contributed by atoms with van der Waals surface area (Å²) in [5.74, 6) is -1.72. The van der Waals surface area contributed by atoms with E-state index in [-0.39, 0.29) is 28.5 Å². The first kappa shape index (κ1) is 24.3. The molecule has 0 bridgehead atoms. The highest BCUT2D eigenvalue weighted by molar-refractivity contribution is 6.12. The van der Waals surface area contributed by atoms with Gasteiger partial charge in [0.05, 0.1) is 25.5 Å². The van der Waals surface area contributed by atoms with Crippen molar-refractivity contribution in [3.63, 3.8) is 0 Å². The molecule has 178 valence electrons. The number of hydrogen-bond donors (Lipinski definition) is 4. The van der Waals surface area contributed by atoms with Crippen molar-refractivity contribution in [2.24, 2.45) is 0 Å². The quantitative estimate of drug-likeness (QED) is 0.377. The predicted octanol–water partition coefficient (Wildman–Crippen LogP) is 2.63. The normalized spacial score (nSPS) is 10.4. The van der Waals surface area contributed by atoms with Crippen molar-refractivity contribution in [2.45, 2.75) is 6.42 Å². The Hall–Kier alpha value is -4.31. The van der Waals surface area contributed by atoms with E-state index >= 15 is 0 Å². The second-order valence-corrected chi connectivity index (χ2v) is 7.21. The number of benzene rings is 2. The Bertz CT molecular complexity index is 1240. The van der Waals surface area contributed by atoms with Crippen molar-refractivity contribution in [1.29, 1.82) is 0 Å². The fourth-order valence-corrected chi connectivity index (χ4v) is 3.10. The van der Waals surface area contributed by atoms with Crippen LogP contribution in [0.1, 0.15) is 26.5 Å². The molecule has 0 saturated carbocycles. The number of amides is 2. The third kappa shape index (κ3) is 5.73. The minimum atomic E-state index is -0.799. The molecule has 0 fully saturated rings. The Morgan fingerprint density at radius 1 is 0.971 bits per heavy atom. The van der Waals surface area contributed by atoms with E-state index in [1.807, 2.05) is 19.2 Å². The SMILES string of the molecule is CNCCc1ccc(NC(=O)c2cc(OC)c(OC)cc2NC(=O)c2cc(=O)c(O)co2)cc1. The Balaban J connectivity index is 1.90. The molecule has 34 heavy (non-hydrogen) atoms. The highest BCUT2D eigenvalue weighted by Gasteiger charge is 2.21. The predicted molar refractivity (Wildman–Crippen MR) is 126 cm³/mol. The van der Waals surface area contributed by atoms with Crippen LogP contribution in [-0.4, -0.2) is 44.7 Å². The summed E-state index contributed by atoms with van der Waals surface area (Å²) >= 11 is 0. The number of nitrogens with one attached hydrogen (secondary N) is 3. The zero-order chi connectivity index (χ0) is 24.7. The Labute approximate surface area is 195 Å². The number of likely N-dealkylation sites (N-methyl/N-ethyl adjacent to an activating group) is 1. The van der Waals surface area contributed by atoms with Crippen LogP contribution in [0.5, 0.6) is 17.2 Å². The average Bonchev–Trinajstić information content (AvgIpc) is 2.84. The summed E-state index contributed by atoms with van der Waals surface area (Å²) in [6.07, 6.45) is 1.61. The van der Waals surface area contributed by atoms with Crippen LogP contribution in [0, 0.1) is 0 Å². The minimum Gasteiger partial charge on any atom is -0.502 e. The van der Waals surface area contributed by atoms with Gasteiger partial charge >= 0.3 is 0 Å². The van der Waals surface area contributed by atoms with Gasteiger partial charge in [0.1, 0.15) is 6.26 Å². The lowest BCUT2D eigenvalue weighted by Crippen LogP contribution is -2.19. The van der Waals surface area contributed by atoms with Crippen molar-refractivity contribution in [3.05, 3.63) is 75.8 Å². The molecule has 1 heterocycles. The van der Waals surface area contributed by atoms with Crippen LogP contribution in [0.3, 0.4) is 0 Å². The largest absolute Gasteiger partial charge is 0.502 e. The summed E-state index contributed by atoms with van der Waals surface area (Å²) in [7, 11) is 4.72. The number of rotatable bonds is 9. The molecule has 3 rings (SSSR count). The molecule has 0 saturated heterocycles. The fourth-order valence-electron chi connectivity index (χ4n) is 3.10. The van der Waals surface area contributed by atoms with Crippen molar-refractivity contribution in [3.8, 4) is 17.2 Å². The van der Waals surface area contributed by atoms with Gasteiger partial charge in [-0.3, -0.25) is 14.4 Å². The van der Waals surface area contributed by atoms with E-state index in [9.17, 15) is 19.5 Å². The van der Waals surface area contributed by atoms with Crippen molar-refractivity contribution >= 4 is 23.2 Å². The van der Waals surface area contributed by atoms with E-state index in [2.05, 4.69) is 16.0 Å². The second-order valence-electron chi connectivity index (χ2n) is 7.21. The van der Waals surface area contributed by atoms with Crippen LogP contribution in [0.2, 0.25) is 0 Å². The topological polar surface area (TPSA) is 139 Å². The molecule has 10 heteroatoms. The number of ether oxygens (including phenoxy) is 2. The lowest BCUT2D eigenvalue weighted by Gasteiger charge is -2.16. The van der Waals surface area contributed by atoms with Crippen molar-refractivity contribution in [1.82, 2.24) is 5.32 Å². The lowest BCUT2D eigenvalue weighted by atomic mass is 10.1. The summed E-state index contributed by atoms with van der Waals surface area (Å²) in [5.41, 5.74) is 1.09. The van der Waals surface area contributed by atoms with Gasteiger partial charge in [0, 0.05) is 17.8 Å². The first-order chi connectivity index (χ1) is 16.4. The van der Waals surface area contributed by atoms with Crippen molar-refractivity contribution < 1.29 is 28.6 Å². The average molecular weight is 467 g/mol. The Kier molecular flexibility index (Phi) is 7.88. The zero-order valence-electron chi connectivity index (χ0n) is 18.9. The van der Waals surface area contributed by atoms with Gasteiger partial charge in [0.2, 0.25) is 5.43 Å². The molecule has 2 amide bonds. The molecule has 2 aromatic carbocycles. The molecule has 0 spiro atoms. The summed E-state index contributed by atoms with van der Waals surface area (Å²) < 4.78 is 15.6. The molecule has 0 unspecified atom stereocenters. The van der Waals surface area contributed by atoms with E-state index in [4.69, 9.17) is 13.9 Å². The van der Waals surface area contributed by atoms with Crippen LogP contribution < -0.4 is 30.9 Å². The van der Waals surface area contributed by atoms with Gasteiger partial charge in [0.15, 0.2) is 23.0 Å². The van der Waals surface area contributed by atoms with Crippen molar-refractivity contribution in [2.75, 3.05) is 38.4 Å². The van der Waals surface area contributed by atoms with Gasteiger partial charge in [-0.2, -0.15) is 0 Å². The number of hydrogen-bond acceptors (Lipinski definition) is 8. The van der Waals surface area contributed by atoms with Crippen LogP contribution >= 0.6 is 0 Å². The monoisotopic (exact) mass is 467 g/mol. The smallest absolute Gasteiger partial charge is 0.291 e. The van der Waals surface area contributed by atoms with E-state index in [0.29, 0.717) is 5.69 Å². The molecule has 1 aromatic heterocycles. The molecule has 0 aliphatic carbocycles. The van der Waals surface area contributed by atoms with Gasteiger partial charge in [-0.15, -0.1) is 0 Å². The van der Waals surface area contributed by atoms with E-state index in [0.717, 1.165) is 30.9 Å². The third-order valence-electron chi connectivity index (χ3n) is 4.93. The molecule has 0 radical (unpaired) electrons. The lowest BCUT2D eigenvalue weighted by molar-refractivity contribution is 0.0993. The molecule has 10 nitrogen and oxygen atoms in total. The Morgan fingerprint density at radius 3 is 2.26 bits per heavy atom. The number of carbonyl (C=O) groups excluding carboxylic acids is 2. The second kappa shape index (κ2) is 11.0. The summed E-state index contributed by atoms with van der Waals surface area (Å²) in [4.78, 5) is 37.4. The number of aromatic hydroxyl groups is 1. The maximum Gasteiger partial charge on any atom is 0.291 e. The van der Waals surface area contributed by atoms with Crippen LogP contribution in [0.25, 0.3) is 0 Å². The highest BCUT2D eigenvalue weighted by atomic mass is 16.5. The maximum atomic E-state index is 13.1. The van der Waals surface area contributed by atoms with Gasteiger partial charge in [-0.05, 0) is 43.8 Å². The zero-order valence-corrected chi connectivity index (χ0v) is 18.9. The van der Waals surface area contributed by atoms with Gasteiger partial charge in [-0.25, -0.2) is 0 Å². The number of carbonyl (C=O) groups is 2. The third-order valence-corrected chi connectivity index (χ3v) is 4.93. The molecular weight excluding hydrogens is 442 g/mol. The van der Waals surface area contributed by atoms with E-state index < -0.39 is 23.0 Å². The summed E-state index contributed by atoms with van der Waals surface area (Å²) in [5, 5.41) is 17.7. The van der Waals surface area contributed by atoms with E-state index in [1.54, 1.807) is 12.1 Å². The molecule has 4 N–H and O–H groups in total. The highest BCUT2D eigenvalue weighted by Crippen LogP contribution is 2.34. The fraction of sp³-hybridized carbons (Fsp3) is 0.208. The summed E-state index contributed by atoms with van der Waals surface area (Å²) in [6.45, 7) is 0.835. The molecule has 3 aromatic rings. The first-order valence-corrected chi connectivity index (χ1v) is 10.3. The first-order valence-electron chi connectivity index (χ1n) is 10.3. The maximum absolute atomic E-state index is 13.1. The molecule has 0 atom stereocenters. The van der Waals surface area contributed by atoms with E-state index in [1.165, 1.54) is 26.4 Å². The van der Waals surface area contributed by atoms with Crippen LogP contribution in [0.15, 0.2) is 57.9 Å². The summed E-state index contributed by atoms with van der Waals surface area (Å²) in [6, 6.07) is 11.1. The van der Waals surface area contributed by atoms with Crippen LogP contribution in [-0.2, 0) is 6.42 Å². The van der Waals surface area contributed by atoms with Gasteiger partial charge < -0.3 is 34.9 Å². The number of methoxy groups -OCH3 is 2. The van der Waals surface area contributed by atoms with Gasteiger partial charge in [0.25, 0.3) is 11.8 Å². The molecule has 0 aliphatic rings. The molecule has 0 aliphatic heterocycles. The molecular formula is C24H25N3O7. The van der Waals surface area contributed by atoms with Crippen LogP contribution in [0.4, 0.5) is 11.4 Å². The standard InChI is InChI=1S/C24H25N3O7/c1-25-9-8-14-4-6-15(7-5-14)26-23(30)16-10-20(32-2)21(33-3)11-17(16)27-24(31)22-12-18(28)19(29)13-34-22/h4-7,10-13,25,29H,8-9H2,1-3H3,(H,26,30)(H,27,31). The Morgan fingerprint density at radius 2 is 1.65 bits per heavy atom. The minimum absolute atomic E-state index is 0.0892.